The van der Waals surface area contributed by atoms with Crippen LogP contribution in [-0.2, 0) is 19.6 Å². The third kappa shape index (κ3) is 5.63. The normalized spacial score (nSPS) is 12.5. The Balaban J connectivity index is 2.90. The molecule has 1 aromatic rings. The average molecular weight is 344 g/mol. The number of rotatable bonds is 7. The Labute approximate surface area is 135 Å². The maximum atomic E-state index is 13.8. The van der Waals surface area contributed by atoms with Crippen molar-refractivity contribution in [1.29, 1.82) is 0 Å². The van der Waals surface area contributed by atoms with Crippen molar-refractivity contribution < 1.29 is 22.4 Å². The lowest BCUT2D eigenvalue weighted by atomic mass is 10.0. The Morgan fingerprint density at radius 2 is 1.96 bits per heavy atom. The fourth-order valence-corrected chi connectivity index (χ4v) is 2.98. The lowest BCUT2D eigenvalue weighted by Crippen LogP contribution is -2.34. The molecule has 0 aromatic heterocycles. The monoisotopic (exact) mass is 344 g/mol. The first-order valence-electron chi connectivity index (χ1n) is 7.31. The number of nitrogens with one attached hydrogen (secondary N) is 2. The molecule has 1 aromatic carbocycles. The smallest absolute Gasteiger partial charge is 0.264 e. The number of hydrogen-bond donors (Lipinski definition) is 2. The molecular formula is C15H21FN2O4S. The summed E-state index contributed by atoms with van der Waals surface area (Å²) in [5.74, 6) is -2.44. The van der Waals surface area contributed by atoms with Crippen LogP contribution in [0.3, 0.4) is 0 Å². The summed E-state index contributed by atoms with van der Waals surface area (Å²) in [6, 6.07) is 3.02. The van der Waals surface area contributed by atoms with Gasteiger partial charge in [0, 0.05) is 12.8 Å². The predicted octanol–water partition coefficient (Wildman–Crippen LogP) is 2.42. The average Bonchev–Trinajstić information content (AvgIpc) is 2.45. The van der Waals surface area contributed by atoms with E-state index in [1.54, 1.807) is 6.92 Å². The van der Waals surface area contributed by atoms with E-state index in [1.807, 2.05) is 11.6 Å². The number of carbonyl (C=O) groups is 2. The lowest BCUT2D eigenvalue weighted by Gasteiger charge is -2.13. The van der Waals surface area contributed by atoms with Crippen molar-refractivity contribution in [2.75, 3.05) is 5.32 Å². The Morgan fingerprint density at radius 3 is 2.48 bits per heavy atom. The molecule has 0 saturated carbocycles. The molecule has 0 radical (unpaired) electrons. The molecule has 0 spiro atoms. The molecule has 23 heavy (non-hydrogen) atoms. The van der Waals surface area contributed by atoms with Crippen molar-refractivity contribution in [3.05, 3.63) is 24.0 Å². The molecular weight excluding hydrogens is 323 g/mol. The van der Waals surface area contributed by atoms with Gasteiger partial charge in [-0.1, -0.05) is 26.7 Å². The van der Waals surface area contributed by atoms with Crippen molar-refractivity contribution in [3.63, 3.8) is 0 Å². The fraction of sp³-hybridized carbons (Fsp3) is 0.467. The number of amides is 2. The summed E-state index contributed by atoms with van der Waals surface area (Å²) < 4.78 is 40.0. The molecule has 0 fully saturated rings. The van der Waals surface area contributed by atoms with Gasteiger partial charge in [-0.15, -0.1) is 0 Å². The van der Waals surface area contributed by atoms with Gasteiger partial charge in [0.25, 0.3) is 10.0 Å². The standard InChI is InChI=1S/C15H21FN2O4S/c1-4-5-6-10(2)15(20)18-23(21,22)12-7-8-14(13(16)9-12)17-11(3)19/h7-10H,4-6H2,1-3H3,(H,17,19)(H,18,20)/t10-/m0/s1. The van der Waals surface area contributed by atoms with Crippen LogP contribution in [0.4, 0.5) is 10.1 Å². The summed E-state index contributed by atoms with van der Waals surface area (Å²) in [6.45, 7) is 4.82. The van der Waals surface area contributed by atoms with Gasteiger partial charge < -0.3 is 5.32 Å². The number of benzene rings is 1. The van der Waals surface area contributed by atoms with Crippen molar-refractivity contribution in [3.8, 4) is 0 Å². The summed E-state index contributed by atoms with van der Waals surface area (Å²) in [5.41, 5.74) is -0.126. The number of unbranched alkanes of at least 4 members (excludes halogenated alkanes) is 1. The summed E-state index contributed by atoms with van der Waals surface area (Å²) in [4.78, 5) is 22.4. The van der Waals surface area contributed by atoms with E-state index in [4.69, 9.17) is 0 Å². The van der Waals surface area contributed by atoms with Crippen molar-refractivity contribution in [2.45, 2.75) is 44.9 Å². The van der Waals surface area contributed by atoms with Gasteiger partial charge in [0.2, 0.25) is 11.8 Å². The van der Waals surface area contributed by atoms with Gasteiger partial charge in [0.15, 0.2) is 0 Å². The van der Waals surface area contributed by atoms with E-state index in [0.29, 0.717) is 6.42 Å². The minimum absolute atomic E-state index is 0.126. The highest BCUT2D eigenvalue weighted by molar-refractivity contribution is 7.90. The Hall–Kier alpha value is -1.96. The van der Waals surface area contributed by atoms with Crippen LogP contribution in [0.5, 0.6) is 0 Å². The predicted molar refractivity (Wildman–Crippen MR) is 84.7 cm³/mol. The number of halogens is 1. The minimum Gasteiger partial charge on any atom is -0.324 e. The Bertz CT molecular complexity index is 689. The highest BCUT2D eigenvalue weighted by Crippen LogP contribution is 2.19. The topological polar surface area (TPSA) is 92.3 Å². The largest absolute Gasteiger partial charge is 0.324 e. The molecule has 0 aliphatic rings. The number of anilines is 1. The van der Waals surface area contributed by atoms with E-state index in [-0.39, 0.29) is 10.6 Å². The van der Waals surface area contributed by atoms with Gasteiger partial charge in [0.1, 0.15) is 5.82 Å². The molecule has 8 heteroatoms. The molecule has 0 aliphatic heterocycles. The highest BCUT2D eigenvalue weighted by Gasteiger charge is 2.22. The quantitative estimate of drug-likeness (QED) is 0.794. The molecule has 0 bridgehead atoms. The third-order valence-corrected chi connectivity index (χ3v) is 4.58. The van der Waals surface area contributed by atoms with Gasteiger partial charge in [-0.05, 0) is 24.6 Å². The maximum Gasteiger partial charge on any atom is 0.264 e. The first-order chi connectivity index (χ1) is 10.7. The zero-order chi connectivity index (χ0) is 17.6. The van der Waals surface area contributed by atoms with E-state index in [9.17, 15) is 22.4 Å². The van der Waals surface area contributed by atoms with E-state index in [1.165, 1.54) is 6.92 Å². The van der Waals surface area contributed by atoms with Gasteiger partial charge in [-0.25, -0.2) is 17.5 Å². The van der Waals surface area contributed by atoms with Crippen molar-refractivity contribution in [2.24, 2.45) is 5.92 Å². The molecule has 1 atom stereocenters. The summed E-state index contributed by atoms with van der Waals surface area (Å²) in [7, 11) is -4.15. The molecule has 1 rings (SSSR count). The second kappa shape index (κ2) is 8.05. The van der Waals surface area contributed by atoms with Crippen LogP contribution in [0, 0.1) is 11.7 Å². The second-order valence-electron chi connectivity index (χ2n) is 5.34. The minimum atomic E-state index is -4.15. The zero-order valence-electron chi connectivity index (χ0n) is 13.3. The maximum absolute atomic E-state index is 13.8. The molecule has 0 aliphatic carbocycles. The van der Waals surface area contributed by atoms with Crippen LogP contribution in [0.2, 0.25) is 0 Å². The van der Waals surface area contributed by atoms with Crippen LogP contribution >= 0.6 is 0 Å². The first-order valence-corrected chi connectivity index (χ1v) is 8.79. The summed E-state index contributed by atoms with van der Waals surface area (Å²) in [5, 5.41) is 2.24. The third-order valence-electron chi connectivity index (χ3n) is 3.23. The Kier molecular flexibility index (Phi) is 6.68. The highest BCUT2D eigenvalue weighted by atomic mass is 32.2. The van der Waals surface area contributed by atoms with E-state index in [2.05, 4.69) is 5.32 Å². The van der Waals surface area contributed by atoms with Crippen LogP contribution in [-0.4, -0.2) is 20.2 Å². The molecule has 2 N–H and O–H groups in total. The fourth-order valence-electron chi connectivity index (χ4n) is 1.89. The molecule has 6 nitrogen and oxygen atoms in total. The van der Waals surface area contributed by atoms with Crippen LogP contribution in [0.25, 0.3) is 0 Å². The zero-order valence-corrected chi connectivity index (χ0v) is 14.2. The summed E-state index contributed by atoms with van der Waals surface area (Å²) in [6.07, 6.45) is 2.29. The van der Waals surface area contributed by atoms with Gasteiger partial charge in [-0.3, -0.25) is 9.59 Å². The van der Waals surface area contributed by atoms with Crippen molar-refractivity contribution in [1.82, 2.24) is 4.72 Å². The first kappa shape index (κ1) is 19.1. The number of sulfonamides is 1. The number of carbonyl (C=O) groups excluding carboxylic acids is 2. The molecule has 0 saturated heterocycles. The molecule has 0 unspecified atom stereocenters. The SMILES string of the molecule is CCCC[C@H](C)C(=O)NS(=O)(=O)c1ccc(NC(C)=O)c(F)c1. The number of hydrogen-bond acceptors (Lipinski definition) is 4. The van der Waals surface area contributed by atoms with E-state index >= 15 is 0 Å². The molecule has 0 heterocycles. The van der Waals surface area contributed by atoms with Crippen LogP contribution < -0.4 is 10.0 Å². The van der Waals surface area contributed by atoms with Crippen LogP contribution in [0.1, 0.15) is 40.0 Å². The van der Waals surface area contributed by atoms with Gasteiger partial charge in [0.05, 0.1) is 10.6 Å². The van der Waals surface area contributed by atoms with Crippen molar-refractivity contribution >= 4 is 27.5 Å². The van der Waals surface area contributed by atoms with E-state index < -0.39 is 33.6 Å². The second-order valence-corrected chi connectivity index (χ2v) is 7.02. The van der Waals surface area contributed by atoms with Gasteiger partial charge in [-0.2, -0.15) is 0 Å². The lowest BCUT2D eigenvalue weighted by molar-refractivity contribution is -0.122. The Morgan fingerprint density at radius 1 is 1.30 bits per heavy atom. The summed E-state index contributed by atoms with van der Waals surface area (Å²) >= 11 is 0. The van der Waals surface area contributed by atoms with Crippen LogP contribution in [0.15, 0.2) is 23.1 Å². The molecule has 128 valence electrons. The van der Waals surface area contributed by atoms with Gasteiger partial charge >= 0.3 is 0 Å². The van der Waals surface area contributed by atoms with E-state index in [0.717, 1.165) is 31.0 Å². The molecule has 2 amide bonds.